The molecule has 2 fully saturated rings. The van der Waals surface area contributed by atoms with E-state index in [1.165, 1.54) is 35.8 Å². The Labute approximate surface area is 296 Å². The van der Waals surface area contributed by atoms with Crippen LogP contribution in [0.1, 0.15) is 86.7 Å². The lowest BCUT2D eigenvalue weighted by Gasteiger charge is -2.34. The van der Waals surface area contributed by atoms with Crippen LogP contribution in [0.2, 0.25) is 5.02 Å². The first kappa shape index (κ1) is 36.1. The van der Waals surface area contributed by atoms with Crippen molar-refractivity contribution in [1.29, 1.82) is 0 Å². The number of ether oxygens (including phenoxy) is 3. The Morgan fingerprint density at radius 3 is 2.58 bits per heavy atom. The topological polar surface area (TPSA) is 57.6 Å². The zero-order valence-electron chi connectivity index (χ0n) is 28.4. The fraction of sp³-hybridized carbons (Fsp3) is 0.415. The lowest BCUT2D eigenvalue weighted by atomic mass is 9.90. The summed E-state index contributed by atoms with van der Waals surface area (Å²) in [6, 6.07) is 27.4. The van der Waals surface area contributed by atoms with E-state index in [2.05, 4.69) is 98.0 Å². The molecule has 5 nitrogen and oxygen atoms in total. The standard InChI is InChI=1S/C34H36ClNO2.C7H12O2S/c1-34(2,38-33-15-5-6-22-37-33)31-14-4-3-12-27(31)13-8-11-25-9-7-10-26(23-25)16-20-30-21-18-28-17-19-29(35)24-32(28)36-30;1-9-6(8)4-7(5-10)2-3-7/h3-4,7,9-10,12,14,16-21,23-24,33H,5-6,8,11,13,15,22H2,1-2H3;10H,2-5H2,1H3/b20-16+;. The van der Waals surface area contributed by atoms with E-state index in [0.29, 0.717) is 11.4 Å². The van der Waals surface area contributed by atoms with Gasteiger partial charge in [-0.15, -0.1) is 0 Å². The number of rotatable bonds is 12. The molecule has 48 heavy (non-hydrogen) atoms. The summed E-state index contributed by atoms with van der Waals surface area (Å²) in [4.78, 5) is 15.5. The number of halogens is 1. The van der Waals surface area contributed by atoms with E-state index in [1.807, 2.05) is 24.3 Å². The van der Waals surface area contributed by atoms with Crippen LogP contribution in [0, 0.1) is 5.41 Å². The molecule has 0 amide bonds. The molecule has 0 N–H and O–H groups in total. The van der Waals surface area contributed by atoms with Crippen LogP contribution in [0.3, 0.4) is 0 Å². The lowest BCUT2D eigenvalue weighted by molar-refractivity contribution is -0.219. The Kier molecular flexibility index (Phi) is 12.8. The number of carbonyl (C=O) groups is 1. The molecule has 1 aliphatic heterocycles. The number of fused-ring (bicyclic) bond motifs is 1. The Morgan fingerprint density at radius 1 is 1.02 bits per heavy atom. The maximum atomic E-state index is 10.8. The zero-order chi connectivity index (χ0) is 34.0. The van der Waals surface area contributed by atoms with Gasteiger partial charge in [0.05, 0.1) is 30.3 Å². The molecule has 1 aromatic heterocycles. The predicted molar refractivity (Wildman–Crippen MR) is 200 cm³/mol. The maximum absolute atomic E-state index is 10.8. The minimum absolute atomic E-state index is 0.105. The number of benzene rings is 3. The third kappa shape index (κ3) is 10.4. The largest absolute Gasteiger partial charge is 0.469 e. The van der Waals surface area contributed by atoms with Crippen molar-refractivity contribution >= 4 is 53.3 Å². The number of aryl methyl sites for hydroxylation is 2. The molecule has 1 aliphatic carbocycles. The Balaban J connectivity index is 0.000000387. The van der Waals surface area contributed by atoms with Gasteiger partial charge in [0.2, 0.25) is 0 Å². The van der Waals surface area contributed by atoms with Gasteiger partial charge in [-0.2, -0.15) is 12.6 Å². The van der Waals surface area contributed by atoms with Crippen LogP contribution < -0.4 is 0 Å². The third-order valence-corrected chi connectivity index (χ3v) is 10.2. The first-order valence-electron chi connectivity index (χ1n) is 17.1. The molecule has 2 aliphatic rings. The highest BCUT2D eigenvalue weighted by Gasteiger charge is 2.43. The number of aromatic nitrogens is 1. The van der Waals surface area contributed by atoms with Crippen molar-refractivity contribution in [1.82, 2.24) is 4.98 Å². The molecule has 1 unspecified atom stereocenters. The highest BCUT2D eigenvalue weighted by molar-refractivity contribution is 7.80. The summed E-state index contributed by atoms with van der Waals surface area (Å²) >= 11 is 10.3. The van der Waals surface area contributed by atoms with Crippen molar-refractivity contribution in [2.45, 2.75) is 83.5 Å². The van der Waals surface area contributed by atoms with Crippen molar-refractivity contribution in [2.75, 3.05) is 19.5 Å². The van der Waals surface area contributed by atoms with Crippen LogP contribution >= 0.6 is 24.2 Å². The Bertz CT molecular complexity index is 1690. The zero-order valence-corrected chi connectivity index (χ0v) is 30.1. The molecule has 0 radical (unpaired) electrons. The summed E-state index contributed by atoms with van der Waals surface area (Å²) < 4.78 is 16.9. The molecule has 0 bridgehead atoms. The first-order valence-corrected chi connectivity index (χ1v) is 18.1. The van der Waals surface area contributed by atoms with Gasteiger partial charge in [0.25, 0.3) is 0 Å². The number of carbonyl (C=O) groups excluding carboxylic acids is 1. The number of nitrogens with zero attached hydrogens (tertiary/aromatic N) is 1. The Morgan fingerprint density at radius 2 is 1.83 bits per heavy atom. The fourth-order valence-corrected chi connectivity index (χ4v) is 6.78. The van der Waals surface area contributed by atoms with Crippen LogP contribution in [-0.4, -0.2) is 36.7 Å². The summed E-state index contributed by atoms with van der Waals surface area (Å²) in [5.41, 5.74) is 6.79. The molecule has 1 atom stereocenters. The van der Waals surface area contributed by atoms with Gasteiger partial charge in [0.1, 0.15) is 0 Å². The SMILES string of the molecule is CC(C)(OC1CCCCO1)c1ccccc1CCCc1cccc(/C=C/c2ccc3ccc(Cl)cc3n2)c1.COC(=O)CC1(CS)CC1. The van der Waals surface area contributed by atoms with Crippen LogP contribution in [0.5, 0.6) is 0 Å². The molecule has 7 heteroatoms. The second-order valence-electron chi connectivity index (χ2n) is 13.5. The summed E-state index contributed by atoms with van der Waals surface area (Å²) in [5, 5.41) is 1.79. The number of hydrogen-bond donors (Lipinski definition) is 1. The summed E-state index contributed by atoms with van der Waals surface area (Å²) in [5.74, 6) is 0.703. The number of thiol groups is 1. The third-order valence-electron chi connectivity index (χ3n) is 9.25. The minimum Gasteiger partial charge on any atom is -0.469 e. The molecule has 2 heterocycles. The molecule has 3 aromatic carbocycles. The lowest BCUT2D eigenvalue weighted by Crippen LogP contribution is -2.33. The average molecular weight is 686 g/mol. The van der Waals surface area contributed by atoms with E-state index in [1.54, 1.807) is 0 Å². The summed E-state index contributed by atoms with van der Waals surface area (Å²) in [6.07, 6.45) is 13.3. The second kappa shape index (κ2) is 17.0. The van der Waals surface area contributed by atoms with Gasteiger partial charge in [-0.3, -0.25) is 4.79 Å². The number of hydrogen-bond acceptors (Lipinski definition) is 6. The molecule has 6 rings (SSSR count). The average Bonchev–Trinajstić information content (AvgIpc) is 3.87. The van der Waals surface area contributed by atoms with Crippen LogP contribution in [0.15, 0.2) is 78.9 Å². The van der Waals surface area contributed by atoms with E-state index < -0.39 is 0 Å². The van der Waals surface area contributed by atoms with E-state index >= 15 is 0 Å². The van der Waals surface area contributed by atoms with E-state index in [9.17, 15) is 4.79 Å². The quantitative estimate of drug-likeness (QED) is 0.119. The minimum atomic E-state index is -0.383. The van der Waals surface area contributed by atoms with Gasteiger partial charge >= 0.3 is 5.97 Å². The summed E-state index contributed by atoms with van der Waals surface area (Å²) in [6.45, 7) is 5.13. The van der Waals surface area contributed by atoms with Gasteiger partial charge in [0, 0.05) is 17.0 Å². The van der Waals surface area contributed by atoms with Crippen molar-refractivity contribution in [3.05, 3.63) is 112 Å². The van der Waals surface area contributed by atoms with Crippen molar-refractivity contribution in [3.63, 3.8) is 0 Å². The molecule has 1 saturated heterocycles. The molecule has 254 valence electrons. The van der Waals surface area contributed by atoms with Crippen molar-refractivity contribution < 1.29 is 19.0 Å². The highest BCUT2D eigenvalue weighted by Crippen LogP contribution is 2.49. The van der Waals surface area contributed by atoms with Crippen molar-refractivity contribution in [3.8, 4) is 0 Å². The van der Waals surface area contributed by atoms with Crippen LogP contribution in [0.4, 0.5) is 0 Å². The van der Waals surface area contributed by atoms with E-state index in [0.717, 1.165) is 73.9 Å². The molecular formula is C41H48ClNO4S. The van der Waals surface area contributed by atoms with Gasteiger partial charge in [-0.1, -0.05) is 78.3 Å². The second-order valence-corrected chi connectivity index (χ2v) is 14.3. The first-order chi connectivity index (χ1) is 23.2. The normalized spacial score (nSPS) is 17.1. The molecule has 4 aromatic rings. The number of methoxy groups -OCH3 is 1. The summed E-state index contributed by atoms with van der Waals surface area (Å²) in [7, 11) is 1.43. The van der Waals surface area contributed by atoms with E-state index in [-0.39, 0.29) is 23.3 Å². The monoisotopic (exact) mass is 685 g/mol. The van der Waals surface area contributed by atoms with Gasteiger partial charge < -0.3 is 14.2 Å². The molecular weight excluding hydrogens is 638 g/mol. The molecule has 0 spiro atoms. The van der Waals surface area contributed by atoms with Crippen LogP contribution in [-0.2, 0) is 37.4 Å². The van der Waals surface area contributed by atoms with Crippen LogP contribution in [0.25, 0.3) is 23.1 Å². The van der Waals surface area contributed by atoms with Gasteiger partial charge in [-0.25, -0.2) is 4.98 Å². The predicted octanol–water partition coefficient (Wildman–Crippen LogP) is 10.3. The van der Waals surface area contributed by atoms with Crippen molar-refractivity contribution in [2.24, 2.45) is 5.41 Å². The van der Waals surface area contributed by atoms with E-state index in [4.69, 9.17) is 26.1 Å². The van der Waals surface area contributed by atoms with Gasteiger partial charge in [0.15, 0.2) is 6.29 Å². The van der Waals surface area contributed by atoms with Gasteiger partial charge in [-0.05, 0) is 123 Å². The fourth-order valence-electron chi connectivity index (χ4n) is 6.18. The molecule has 1 saturated carbocycles. The number of pyridine rings is 1. The Hall–Kier alpha value is -3.16. The highest BCUT2D eigenvalue weighted by atomic mass is 35.5. The maximum Gasteiger partial charge on any atom is 0.306 e. The smallest absolute Gasteiger partial charge is 0.306 e. The number of esters is 1.